The van der Waals surface area contributed by atoms with Gasteiger partial charge in [-0.15, -0.1) is 0 Å². The quantitative estimate of drug-likeness (QED) is 0.701. The highest BCUT2D eigenvalue weighted by Gasteiger charge is 2.06. The second-order valence-electron chi connectivity index (χ2n) is 3.82. The summed E-state index contributed by atoms with van der Waals surface area (Å²) in [6.07, 6.45) is 0.804. The molecule has 0 heterocycles. The van der Waals surface area contributed by atoms with Crippen molar-refractivity contribution in [2.24, 2.45) is 0 Å². The number of hydrogen-bond acceptors (Lipinski definition) is 2. The molecular formula is C14H10Br2O2. The summed E-state index contributed by atoms with van der Waals surface area (Å²) in [5.41, 5.74) is 1.66. The molecule has 2 rings (SSSR count). The molecule has 0 fully saturated rings. The normalized spacial score (nSPS) is 10.2. The summed E-state index contributed by atoms with van der Waals surface area (Å²) in [4.78, 5) is 10.7. The highest BCUT2D eigenvalue weighted by molar-refractivity contribution is 9.10. The lowest BCUT2D eigenvalue weighted by atomic mass is 10.2. The number of ether oxygens (including phenoxy) is 1. The van der Waals surface area contributed by atoms with Gasteiger partial charge >= 0.3 is 0 Å². The molecule has 0 saturated heterocycles. The van der Waals surface area contributed by atoms with E-state index in [1.54, 1.807) is 18.2 Å². The van der Waals surface area contributed by atoms with Crippen LogP contribution >= 0.6 is 31.9 Å². The molecule has 0 saturated carbocycles. The van der Waals surface area contributed by atoms with Crippen LogP contribution in [0.3, 0.4) is 0 Å². The van der Waals surface area contributed by atoms with E-state index in [9.17, 15) is 4.79 Å². The second kappa shape index (κ2) is 5.67. The number of hydrogen-bond donors (Lipinski definition) is 0. The minimum absolute atomic E-state index is 0.611. The smallest absolute Gasteiger partial charge is 0.150 e. The largest absolute Gasteiger partial charge is 0.456 e. The fourth-order valence-corrected chi connectivity index (χ4v) is 2.29. The van der Waals surface area contributed by atoms with E-state index < -0.39 is 0 Å². The van der Waals surface area contributed by atoms with Crippen molar-refractivity contribution < 1.29 is 9.53 Å². The van der Waals surface area contributed by atoms with Crippen LogP contribution in [-0.2, 0) is 0 Å². The molecule has 0 amide bonds. The van der Waals surface area contributed by atoms with E-state index in [0.29, 0.717) is 11.3 Å². The average Bonchev–Trinajstić information content (AvgIpc) is 2.36. The highest BCUT2D eigenvalue weighted by atomic mass is 79.9. The molecule has 2 aromatic carbocycles. The molecule has 0 radical (unpaired) electrons. The van der Waals surface area contributed by atoms with Gasteiger partial charge in [0.1, 0.15) is 17.8 Å². The Morgan fingerprint density at radius 2 is 1.83 bits per heavy atom. The molecule has 0 bridgehead atoms. The lowest BCUT2D eigenvalue weighted by Crippen LogP contribution is -1.90. The van der Waals surface area contributed by atoms with Gasteiger partial charge < -0.3 is 4.74 Å². The van der Waals surface area contributed by atoms with Gasteiger partial charge in [-0.3, -0.25) is 4.79 Å². The van der Waals surface area contributed by atoms with Crippen molar-refractivity contribution in [1.29, 1.82) is 0 Å². The fourth-order valence-electron chi connectivity index (χ4n) is 1.48. The molecular weight excluding hydrogens is 360 g/mol. The standard InChI is InChI=1S/C14H10Br2O2/c1-9-2-4-11(15)7-14(9)18-13-5-3-10(8-17)6-12(13)16/h2-8H,1H3. The maximum Gasteiger partial charge on any atom is 0.150 e. The first kappa shape index (κ1) is 13.3. The summed E-state index contributed by atoms with van der Waals surface area (Å²) in [6, 6.07) is 11.1. The second-order valence-corrected chi connectivity index (χ2v) is 5.59. The lowest BCUT2D eigenvalue weighted by molar-refractivity contribution is 0.112. The first-order valence-electron chi connectivity index (χ1n) is 5.29. The van der Waals surface area contributed by atoms with Crippen LogP contribution in [-0.4, -0.2) is 6.29 Å². The third-order valence-corrected chi connectivity index (χ3v) is 3.58. The van der Waals surface area contributed by atoms with Gasteiger partial charge in [0.15, 0.2) is 0 Å². The Bertz CT molecular complexity index is 594. The zero-order valence-electron chi connectivity index (χ0n) is 9.61. The minimum atomic E-state index is 0.611. The number of halogens is 2. The van der Waals surface area contributed by atoms with Crippen LogP contribution in [0.25, 0.3) is 0 Å². The number of benzene rings is 2. The summed E-state index contributed by atoms with van der Waals surface area (Å²) in [6.45, 7) is 1.98. The first-order valence-corrected chi connectivity index (χ1v) is 6.87. The fraction of sp³-hybridized carbons (Fsp3) is 0.0714. The molecule has 92 valence electrons. The highest BCUT2D eigenvalue weighted by Crippen LogP contribution is 2.33. The number of aryl methyl sites for hydroxylation is 1. The maximum atomic E-state index is 10.7. The van der Waals surface area contributed by atoms with Crippen LogP contribution in [0.15, 0.2) is 45.3 Å². The van der Waals surface area contributed by atoms with Gasteiger partial charge in [-0.25, -0.2) is 0 Å². The van der Waals surface area contributed by atoms with E-state index >= 15 is 0 Å². The third-order valence-electron chi connectivity index (χ3n) is 2.46. The molecule has 18 heavy (non-hydrogen) atoms. The zero-order valence-corrected chi connectivity index (χ0v) is 12.8. The third kappa shape index (κ3) is 3.00. The summed E-state index contributed by atoms with van der Waals surface area (Å²) >= 11 is 6.81. The Morgan fingerprint density at radius 1 is 1.06 bits per heavy atom. The van der Waals surface area contributed by atoms with E-state index in [1.165, 1.54) is 0 Å². The van der Waals surface area contributed by atoms with Crippen molar-refractivity contribution in [3.05, 3.63) is 56.5 Å². The minimum Gasteiger partial charge on any atom is -0.456 e. The first-order chi connectivity index (χ1) is 8.60. The lowest BCUT2D eigenvalue weighted by Gasteiger charge is -2.10. The van der Waals surface area contributed by atoms with Gasteiger partial charge in [-0.1, -0.05) is 22.0 Å². The van der Waals surface area contributed by atoms with Crippen LogP contribution < -0.4 is 4.74 Å². The molecule has 4 heteroatoms. The van der Waals surface area contributed by atoms with Crippen LogP contribution in [0.1, 0.15) is 15.9 Å². The van der Waals surface area contributed by atoms with Crippen LogP contribution in [0.5, 0.6) is 11.5 Å². The molecule has 0 spiro atoms. The number of carbonyl (C=O) groups excluding carboxylic acids is 1. The molecule has 0 aromatic heterocycles. The van der Waals surface area contributed by atoms with Crippen molar-refractivity contribution >= 4 is 38.1 Å². The van der Waals surface area contributed by atoms with Crippen molar-refractivity contribution in [3.8, 4) is 11.5 Å². The Morgan fingerprint density at radius 3 is 2.50 bits per heavy atom. The van der Waals surface area contributed by atoms with E-state index in [1.807, 2.05) is 25.1 Å². The predicted octanol–water partition coefficient (Wildman–Crippen LogP) is 5.12. The Labute approximate surface area is 122 Å². The molecule has 0 unspecified atom stereocenters. The molecule has 0 aliphatic carbocycles. The van der Waals surface area contributed by atoms with Gasteiger partial charge in [0.05, 0.1) is 4.47 Å². The number of aldehydes is 1. The SMILES string of the molecule is Cc1ccc(Br)cc1Oc1ccc(C=O)cc1Br. The molecule has 2 nitrogen and oxygen atoms in total. The van der Waals surface area contributed by atoms with Crippen LogP contribution in [0, 0.1) is 6.92 Å². The van der Waals surface area contributed by atoms with Crippen LogP contribution in [0.2, 0.25) is 0 Å². The van der Waals surface area contributed by atoms with Gasteiger partial charge in [0.2, 0.25) is 0 Å². The van der Waals surface area contributed by atoms with Crippen molar-refractivity contribution in [2.45, 2.75) is 6.92 Å². The zero-order chi connectivity index (χ0) is 13.1. The average molecular weight is 370 g/mol. The van der Waals surface area contributed by atoms with Crippen molar-refractivity contribution in [2.75, 3.05) is 0 Å². The molecule has 0 N–H and O–H groups in total. The summed E-state index contributed by atoms with van der Waals surface area (Å²) < 4.78 is 7.55. The molecule has 0 atom stereocenters. The van der Waals surface area contributed by atoms with Gasteiger partial charge in [0, 0.05) is 10.0 Å². The van der Waals surface area contributed by atoms with E-state index in [4.69, 9.17) is 4.74 Å². The Hall–Kier alpha value is -1.13. The Kier molecular flexibility index (Phi) is 4.19. The van der Waals surface area contributed by atoms with Crippen LogP contribution in [0.4, 0.5) is 0 Å². The predicted molar refractivity (Wildman–Crippen MR) is 78.5 cm³/mol. The molecule has 2 aromatic rings. The topological polar surface area (TPSA) is 26.3 Å². The van der Waals surface area contributed by atoms with Gasteiger partial charge in [-0.2, -0.15) is 0 Å². The molecule has 0 aliphatic heterocycles. The van der Waals surface area contributed by atoms with E-state index in [2.05, 4.69) is 31.9 Å². The molecule has 0 aliphatic rings. The van der Waals surface area contributed by atoms with Crippen molar-refractivity contribution in [3.63, 3.8) is 0 Å². The monoisotopic (exact) mass is 368 g/mol. The Balaban J connectivity index is 2.34. The maximum absolute atomic E-state index is 10.7. The number of carbonyl (C=O) groups is 1. The summed E-state index contributed by atoms with van der Waals surface area (Å²) in [7, 11) is 0. The summed E-state index contributed by atoms with van der Waals surface area (Å²) in [5.74, 6) is 1.46. The van der Waals surface area contributed by atoms with Gasteiger partial charge in [0.25, 0.3) is 0 Å². The van der Waals surface area contributed by atoms with Crippen molar-refractivity contribution in [1.82, 2.24) is 0 Å². The summed E-state index contributed by atoms with van der Waals surface area (Å²) in [5, 5.41) is 0. The van der Waals surface area contributed by atoms with Gasteiger partial charge in [-0.05, 0) is 58.7 Å². The van der Waals surface area contributed by atoms with E-state index in [0.717, 1.165) is 26.5 Å². The number of rotatable bonds is 3. The van der Waals surface area contributed by atoms with E-state index in [-0.39, 0.29) is 0 Å².